The molecule has 0 saturated heterocycles. The molecule has 0 spiro atoms. The Kier molecular flexibility index (Phi) is 3.62. The van der Waals surface area contributed by atoms with Gasteiger partial charge in [-0.05, 0) is 44.7 Å². The molecule has 0 unspecified atom stereocenters. The SMILES string of the molecule is Cc1cccc(-c2nnc(CSc3nnc(C4CC4)n3C3CC3)o2)c1. The minimum absolute atomic E-state index is 0.571. The number of nitrogens with zero attached hydrogens (tertiary/aromatic N) is 5. The fourth-order valence-electron chi connectivity index (χ4n) is 3.02. The molecule has 2 aliphatic carbocycles. The number of benzene rings is 1. The zero-order chi connectivity index (χ0) is 16.8. The van der Waals surface area contributed by atoms with E-state index in [-0.39, 0.29) is 0 Å². The van der Waals surface area contributed by atoms with Gasteiger partial charge >= 0.3 is 0 Å². The van der Waals surface area contributed by atoms with Crippen molar-refractivity contribution in [3.63, 3.8) is 0 Å². The van der Waals surface area contributed by atoms with Crippen LogP contribution >= 0.6 is 11.8 Å². The maximum atomic E-state index is 5.83. The third-order valence-electron chi connectivity index (χ3n) is 4.60. The summed E-state index contributed by atoms with van der Waals surface area (Å²) in [6.07, 6.45) is 4.98. The van der Waals surface area contributed by atoms with Crippen molar-refractivity contribution in [2.75, 3.05) is 0 Å². The normalized spacial score (nSPS) is 17.2. The second kappa shape index (κ2) is 5.98. The minimum atomic E-state index is 0.571. The van der Waals surface area contributed by atoms with Crippen LogP contribution in [0.5, 0.6) is 0 Å². The molecule has 7 heteroatoms. The molecule has 2 heterocycles. The van der Waals surface area contributed by atoms with E-state index in [1.54, 1.807) is 11.8 Å². The largest absolute Gasteiger partial charge is 0.420 e. The summed E-state index contributed by atoms with van der Waals surface area (Å²) in [6, 6.07) is 8.69. The predicted octanol–water partition coefficient (Wildman–Crippen LogP) is 4.14. The molecule has 128 valence electrons. The van der Waals surface area contributed by atoms with Crippen LogP contribution < -0.4 is 0 Å². The second-order valence-corrected chi connectivity index (χ2v) is 7.82. The predicted molar refractivity (Wildman–Crippen MR) is 94.3 cm³/mol. The molecular weight excluding hydrogens is 334 g/mol. The summed E-state index contributed by atoms with van der Waals surface area (Å²) in [5.74, 6) is 3.62. The van der Waals surface area contributed by atoms with Crippen molar-refractivity contribution in [2.24, 2.45) is 0 Å². The smallest absolute Gasteiger partial charge is 0.247 e. The number of hydrogen-bond donors (Lipinski definition) is 0. The maximum Gasteiger partial charge on any atom is 0.247 e. The monoisotopic (exact) mass is 353 g/mol. The highest BCUT2D eigenvalue weighted by atomic mass is 32.2. The first kappa shape index (κ1) is 15.1. The van der Waals surface area contributed by atoms with Crippen molar-refractivity contribution in [3.05, 3.63) is 41.5 Å². The Bertz CT molecular complexity index is 910. The fraction of sp³-hybridized carbons (Fsp3) is 0.444. The summed E-state index contributed by atoms with van der Waals surface area (Å²) in [5.41, 5.74) is 2.14. The van der Waals surface area contributed by atoms with Gasteiger partial charge < -0.3 is 8.98 Å². The van der Waals surface area contributed by atoms with Gasteiger partial charge in [0.25, 0.3) is 0 Å². The average Bonchev–Trinajstić information content (AvgIpc) is 3.55. The van der Waals surface area contributed by atoms with Gasteiger partial charge in [0, 0.05) is 17.5 Å². The standard InChI is InChI=1S/C18H19N5OS/c1-11-3-2-4-13(9-11)17-21-19-15(24-17)10-25-18-22-20-16(12-5-6-12)23(18)14-7-8-14/h2-4,9,12,14H,5-8,10H2,1H3. The van der Waals surface area contributed by atoms with Crippen LogP contribution in [0.15, 0.2) is 33.8 Å². The van der Waals surface area contributed by atoms with Gasteiger partial charge in [0.1, 0.15) is 5.82 Å². The van der Waals surface area contributed by atoms with Crippen LogP contribution in [0.1, 0.15) is 54.9 Å². The molecule has 0 bridgehead atoms. The zero-order valence-corrected chi connectivity index (χ0v) is 14.9. The lowest BCUT2D eigenvalue weighted by Gasteiger charge is -2.06. The molecule has 0 atom stereocenters. The van der Waals surface area contributed by atoms with Crippen LogP contribution in [0.25, 0.3) is 11.5 Å². The Morgan fingerprint density at radius 1 is 1.12 bits per heavy atom. The highest BCUT2D eigenvalue weighted by Gasteiger charge is 2.36. The highest BCUT2D eigenvalue weighted by molar-refractivity contribution is 7.98. The molecule has 25 heavy (non-hydrogen) atoms. The van der Waals surface area contributed by atoms with Crippen molar-refractivity contribution in [2.45, 2.75) is 55.5 Å². The summed E-state index contributed by atoms with van der Waals surface area (Å²) in [4.78, 5) is 0. The number of thioether (sulfide) groups is 1. The number of hydrogen-bond acceptors (Lipinski definition) is 6. The summed E-state index contributed by atoms with van der Waals surface area (Å²) in [6.45, 7) is 2.05. The molecule has 2 aromatic heterocycles. The van der Waals surface area contributed by atoms with E-state index in [9.17, 15) is 0 Å². The van der Waals surface area contributed by atoms with Gasteiger partial charge in [-0.25, -0.2) is 0 Å². The molecule has 0 N–H and O–H groups in total. The van der Waals surface area contributed by atoms with Gasteiger partial charge in [-0.1, -0.05) is 29.5 Å². The molecule has 2 aliphatic rings. The third kappa shape index (κ3) is 3.08. The lowest BCUT2D eigenvalue weighted by atomic mass is 10.1. The summed E-state index contributed by atoms with van der Waals surface area (Å²) >= 11 is 1.64. The van der Waals surface area contributed by atoms with Gasteiger partial charge in [-0.2, -0.15) is 0 Å². The van der Waals surface area contributed by atoms with E-state index in [2.05, 4.69) is 44.0 Å². The molecular formula is C18H19N5OS. The topological polar surface area (TPSA) is 69.6 Å². The molecule has 0 radical (unpaired) electrons. The molecule has 5 rings (SSSR count). The second-order valence-electron chi connectivity index (χ2n) is 6.88. The molecule has 2 saturated carbocycles. The third-order valence-corrected chi connectivity index (χ3v) is 5.53. The van der Waals surface area contributed by atoms with E-state index in [1.807, 2.05) is 12.1 Å². The first-order chi connectivity index (χ1) is 12.3. The first-order valence-electron chi connectivity index (χ1n) is 8.75. The van der Waals surface area contributed by atoms with E-state index in [0.717, 1.165) is 10.7 Å². The van der Waals surface area contributed by atoms with Gasteiger partial charge in [0.15, 0.2) is 5.16 Å². The lowest BCUT2D eigenvalue weighted by molar-refractivity contribution is 0.527. The Labute approximate surface area is 150 Å². The van der Waals surface area contributed by atoms with Crippen molar-refractivity contribution in [1.82, 2.24) is 25.0 Å². The summed E-state index contributed by atoms with van der Waals surface area (Å²) in [7, 11) is 0. The fourth-order valence-corrected chi connectivity index (χ4v) is 3.87. The zero-order valence-electron chi connectivity index (χ0n) is 14.1. The maximum absolute atomic E-state index is 5.83. The summed E-state index contributed by atoms with van der Waals surface area (Å²) < 4.78 is 8.18. The highest BCUT2D eigenvalue weighted by Crippen LogP contribution is 2.46. The van der Waals surface area contributed by atoms with E-state index in [0.29, 0.717) is 29.5 Å². The average molecular weight is 353 g/mol. The number of aromatic nitrogens is 5. The Morgan fingerprint density at radius 2 is 2.00 bits per heavy atom. The van der Waals surface area contributed by atoms with Crippen LogP contribution in [0.3, 0.4) is 0 Å². The van der Waals surface area contributed by atoms with Crippen LogP contribution in [0, 0.1) is 6.92 Å². The number of rotatable bonds is 6. The van der Waals surface area contributed by atoms with Crippen molar-refractivity contribution in [1.29, 1.82) is 0 Å². The Hall–Kier alpha value is -2.15. The van der Waals surface area contributed by atoms with Crippen LogP contribution in [-0.2, 0) is 5.75 Å². The quantitative estimate of drug-likeness (QED) is 0.620. The lowest BCUT2D eigenvalue weighted by Crippen LogP contribution is -2.01. The molecule has 6 nitrogen and oxygen atoms in total. The van der Waals surface area contributed by atoms with Gasteiger partial charge in [0.05, 0.1) is 5.75 Å². The van der Waals surface area contributed by atoms with E-state index >= 15 is 0 Å². The molecule has 0 aliphatic heterocycles. The van der Waals surface area contributed by atoms with Crippen LogP contribution in [0.2, 0.25) is 0 Å². The van der Waals surface area contributed by atoms with Crippen LogP contribution in [0.4, 0.5) is 0 Å². The number of aryl methyl sites for hydroxylation is 1. The molecule has 1 aromatic carbocycles. The Morgan fingerprint density at radius 3 is 2.76 bits per heavy atom. The minimum Gasteiger partial charge on any atom is -0.420 e. The van der Waals surface area contributed by atoms with E-state index in [4.69, 9.17) is 4.42 Å². The van der Waals surface area contributed by atoms with Crippen molar-refractivity contribution < 1.29 is 4.42 Å². The molecule has 0 amide bonds. The van der Waals surface area contributed by atoms with Crippen LogP contribution in [-0.4, -0.2) is 25.0 Å². The van der Waals surface area contributed by atoms with E-state index in [1.165, 1.54) is 37.1 Å². The van der Waals surface area contributed by atoms with Crippen molar-refractivity contribution >= 4 is 11.8 Å². The summed E-state index contributed by atoms with van der Waals surface area (Å²) in [5, 5.41) is 18.2. The Balaban J connectivity index is 1.32. The van der Waals surface area contributed by atoms with Gasteiger partial charge in [-0.15, -0.1) is 20.4 Å². The van der Waals surface area contributed by atoms with Gasteiger partial charge in [-0.3, -0.25) is 0 Å². The molecule has 2 fully saturated rings. The van der Waals surface area contributed by atoms with Gasteiger partial charge in [0.2, 0.25) is 11.8 Å². The van der Waals surface area contributed by atoms with Crippen molar-refractivity contribution in [3.8, 4) is 11.5 Å². The first-order valence-corrected chi connectivity index (χ1v) is 9.73. The van der Waals surface area contributed by atoms with E-state index < -0.39 is 0 Å². The molecule has 3 aromatic rings.